The highest BCUT2D eigenvalue weighted by Gasteiger charge is 2.17. The lowest BCUT2D eigenvalue weighted by Crippen LogP contribution is -2.07. The van der Waals surface area contributed by atoms with Crippen LogP contribution in [0.15, 0.2) is 11.1 Å². The van der Waals surface area contributed by atoms with Crippen molar-refractivity contribution in [2.75, 3.05) is 0 Å². The third-order valence-electron chi connectivity index (χ3n) is 1.86. The maximum absolute atomic E-state index is 10.5. The molecule has 58 valence electrons. The van der Waals surface area contributed by atoms with Gasteiger partial charge in [0.2, 0.25) is 0 Å². The van der Waals surface area contributed by atoms with Crippen LogP contribution in [-0.4, -0.2) is 11.1 Å². The van der Waals surface area contributed by atoms with Crippen molar-refractivity contribution in [1.82, 2.24) is 0 Å². The monoisotopic (exact) mass is 151 g/mol. The van der Waals surface area contributed by atoms with E-state index in [4.69, 9.17) is 10.4 Å². The fraction of sp³-hybridized carbons (Fsp3) is 0.500. The molecule has 0 saturated heterocycles. The van der Waals surface area contributed by atoms with Gasteiger partial charge in [-0.15, -0.1) is 0 Å². The number of carboxylic acids is 1. The summed E-state index contributed by atoms with van der Waals surface area (Å²) in [7, 11) is 0. The zero-order valence-electron chi connectivity index (χ0n) is 6.13. The highest BCUT2D eigenvalue weighted by atomic mass is 16.4. The van der Waals surface area contributed by atoms with Gasteiger partial charge < -0.3 is 5.11 Å². The Hall–Kier alpha value is -1.30. The minimum atomic E-state index is -0.929. The fourth-order valence-electron chi connectivity index (χ4n) is 1.26. The standard InChI is InChI=1S/C8H9NO2/c9-5-6-3-1-2-4-7(6)8(10)11/h1-4H2,(H,10,11). The Morgan fingerprint density at radius 3 is 2.55 bits per heavy atom. The van der Waals surface area contributed by atoms with Crippen LogP contribution in [-0.2, 0) is 4.79 Å². The Labute approximate surface area is 64.9 Å². The SMILES string of the molecule is N#CC1=C(C(=O)O)CCCC1. The second-order valence-electron chi connectivity index (χ2n) is 2.58. The van der Waals surface area contributed by atoms with Crippen LogP contribution >= 0.6 is 0 Å². The highest BCUT2D eigenvalue weighted by Crippen LogP contribution is 2.23. The van der Waals surface area contributed by atoms with Crippen molar-refractivity contribution in [2.24, 2.45) is 0 Å². The van der Waals surface area contributed by atoms with Crippen LogP contribution in [0.3, 0.4) is 0 Å². The molecule has 0 atom stereocenters. The molecule has 0 radical (unpaired) electrons. The van der Waals surface area contributed by atoms with Crippen LogP contribution in [0.4, 0.5) is 0 Å². The Bertz CT molecular complexity index is 247. The topological polar surface area (TPSA) is 61.1 Å². The lowest BCUT2D eigenvalue weighted by molar-refractivity contribution is -0.132. The van der Waals surface area contributed by atoms with Gasteiger partial charge in [0.05, 0.1) is 11.6 Å². The van der Waals surface area contributed by atoms with Crippen molar-refractivity contribution in [1.29, 1.82) is 5.26 Å². The van der Waals surface area contributed by atoms with Crippen molar-refractivity contribution in [3.05, 3.63) is 11.1 Å². The van der Waals surface area contributed by atoms with Gasteiger partial charge in [-0.2, -0.15) is 5.26 Å². The minimum absolute atomic E-state index is 0.318. The molecule has 11 heavy (non-hydrogen) atoms. The van der Waals surface area contributed by atoms with Gasteiger partial charge >= 0.3 is 5.97 Å². The summed E-state index contributed by atoms with van der Waals surface area (Å²) in [6.45, 7) is 0. The average molecular weight is 151 g/mol. The molecule has 0 spiro atoms. The first-order valence-corrected chi connectivity index (χ1v) is 3.61. The van der Waals surface area contributed by atoms with Gasteiger partial charge in [-0.3, -0.25) is 0 Å². The van der Waals surface area contributed by atoms with Crippen molar-refractivity contribution in [3.8, 4) is 6.07 Å². The molecule has 0 aliphatic heterocycles. The summed E-state index contributed by atoms with van der Waals surface area (Å²) in [6.07, 6.45) is 3.03. The zero-order valence-corrected chi connectivity index (χ0v) is 6.13. The van der Waals surface area contributed by atoms with Gasteiger partial charge in [0.25, 0.3) is 0 Å². The van der Waals surface area contributed by atoms with Crippen molar-refractivity contribution in [2.45, 2.75) is 25.7 Å². The number of hydrogen-bond donors (Lipinski definition) is 1. The smallest absolute Gasteiger partial charge is 0.332 e. The first kappa shape index (κ1) is 7.80. The lowest BCUT2D eigenvalue weighted by atomic mass is 9.93. The number of carboxylic acid groups (broad SMARTS) is 1. The molecule has 0 bridgehead atoms. The zero-order chi connectivity index (χ0) is 8.27. The molecule has 0 unspecified atom stereocenters. The number of hydrogen-bond acceptors (Lipinski definition) is 2. The Morgan fingerprint density at radius 1 is 1.45 bits per heavy atom. The highest BCUT2D eigenvalue weighted by molar-refractivity contribution is 5.88. The molecule has 1 rings (SSSR count). The van der Waals surface area contributed by atoms with Gasteiger partial charge in [-0.1, -0.05) is 0 Å². The Morgan fingerprint density at radius 2 is 2.09 bits per heavy atom. The van der Waals surface area contributed by atoms with Crippen molar-refractivity contribution >= 4 is 5.97 Å². The van der Waals surface area contributed by atoms with E-state index in [2.05, 4.69) is 0 Å². The molecule has 0 saturated carbocycles. The summed E-state index contributed by atoms with van der Waals surface area (Å²) in [5, 5.41) is 17.2. The summed E-state index contributed by atoms with van der Waals surface area (Å²) in [5.41, 5.74) is 0.780. The summed E-state index contributed by atoms with van der Waals surface area (Å²) < 4.78 is 0. The molecule has 0 aromatic carbocycles. The summed E-state index contributed by atoms with van der Waals surface area (Å²) in [5.74, 6) is -0.929. The molecule has 0 aromatic heterocycles. The maximum atomic E-state index is 10.5. The maximum Gasteiger partial charge on any atom is 0.332 e. The molecule has 0 amide bonds. The molecule has 1 aliphatic rings. The van der Waals surface area contributed by atoms with Crippen molar-refractivity contribution in [3.63, 3.8) is 0 Å². The molecule has 0 heterocycles. The van der Waals surface area contributed by atoms with Crippen molar-refractivity contribution < 1.29 is 9.90 Å². The third-order valence-corrected chi connectivity index (χ3v) is 1.86. The number of carbonyl (C=O) groups is 1. The van der Waals surface area contributed by atoms with E-state index in [0.29, 0.717) is 24.0 Å². The predicted octanol–water partition coefficient (Wildman–Crippen LogP) is 1.47. The van der Waals surface area contributed by atoms with Crippen LogP contribution in [0, 0.1) is 11.3 Å². The lowest BCUT2D eigenvalue weighted by Gasteiger charge is -2.11. The normalized spacial score (nSPS) is 17.7. The van der Waals surface area contributed by atoms with E-state index in [0.717, 1.165) is 12.8 Å². The molecule has 3 nitrogen and oxygen atoms in total. The second-order valence-corrected chi connectivity index (χ2v) is 2.58. The third kappa shape index (κ3) is 1.58. The van der Waals surface area contributed by atoms with E-state index in [9.17, 15) is 4.79 Å². The predicted molar refractivity (Wildman–Crippen MR) is 38.7 cm³/mol. The van der Waals surface area contributed by atoms with E-state index in [1.165, 1.54) is 0 Å². The van der Waals surface area contributed by atoms with Gasteiger partial charge in [0, 0.05) is 5.57 Å². The number of allylic oxidation sites excluding steroid dienone is 1. The van der Waals surface area contributed by atoms with Gasteiger partial charge in [0.15, 0.2) is 0 Å². The Kier molecular flexibility index (Phi) is 2.27. The largest absolute Gasteiger partial charge is 0.478 e. The summed E-state index contributed by atoms with van der Waals surface area (Å²) in [4.78, 5) is 10.5. The van der Waals surface area contributed by atoms with Gasteiger partial charge in [-0.25, -0.2) is 4.79 Å². The molecule has 1 N–H and O–H groups in total. The Balaban J connectivity index is 2.93. The summed E-state index contributed by atoms with van der Waals surface area (Å²) in [6, 6.07) is 1.93. The molecule has 3 heteroatoms. The number of aliphatic carboxylic acids is 1. The second kappa shape index (κ2) is 3.20. The van der Waals surface area contributed by atoms with E-state index in [1.54, 1.807) is 0 Å². The molecule has 1 aliphatic carbocycles. The van der Waals surface area contributed by atoms with Crippen LogP contribution in [0.25, 0.3) is 0 Å². The molecular weight excluding hydrogens is 142 g/mol. The van der Waals surface area contributed by atoms with E-state index < -0.39 is 5.97 Å². The molecular formula is C8H9NO2. The first-order valence-electron chi connectivity index (χ1n) is 3.61. The quantitative estimate of drug-likeness (QED) is 0.617. The van der Waals surface area contributed by atoms with Crippen LogP contribution in [0.5, 0.6) is 0 Å². The number of nitrogens with zero attached hydrogens (tertiary/aromatic N) is 1. The van der Waals surface area contributed by atoms with Gasteiger partial charge in [0.1, 0.15) is 0 Å². The van der Waals surface area contributed by atoms with Gasteiger partial charge in [-0.05, 0) is 25.7 Å². The van der Waals surface area contributed by atoms with E-state index in [1.807, 2.05) is 6.07 Å². The molecule has 0 fully saturated rings. The number of rotatable bonds is 1. The minimum Gasteiger partial charge on any atom is -0.478 e. The van der Waals surface area contributed by atoms with Crippen LogP contribution < -0.4 is 0 Å². The number of nitriles is 1. The van der Waals surface area contributed by atoms with Crippen LogP contribution in [0.2, 0.25) is 0 Å². The fourth-order valence-corrected chi connectivity index (χ4v) is 1.26. The van der Waals surface area contributed by atoms with E-state index in [-0.39, 0.29) is 0 Å². The van der Waals surface area contributed by atoms with Crippen LogP contribution in [0.1, 0.15) is 25.7 Å². The van der Waals surface area contributed by atoms with E-state index >= 15 is 0 Å². The summed E-state index contributed by atoms with van der Waals surface area (Å²) >= 11 is 0. The first-order chi connectivity index (χ1) is 5.25. The average Bonchev–Trinajstić information content (AvgIpc) is 2.04. The molecule has 0 aromatic rings.